The molecule has 0 saturated carbocycles. The van der Waals surface area contributed by atoms with Crippen LogP contribution in [0.4, 0.5) is 13.2 Å². The van der Waals surface area contributed by atoms with Crippen molar-refractivity contribution >= 4 is 21.8 Å². The number of hydrogen-bond acceptors (Lipinski definition) is 1. The number of para-hydroxylation sites is 1. The Morgan fingerprint density at radius 3 is 2.41 bits per heavy atom. The summed E-state index contributed by atoms with van der Waals surface area (Å²) in [5.74, 6) is 0. The fourth-order valence-corrected chi connectivity index (χ4v) is 3.01. The van der Waals surface area contributed by atoms with Crippen molar-refractivity contribution in [2.75, 3.05) is 0 Å². The molecule has 0 unspecified atom stereocenters. The molecule has 0 spiro atoms. The molecule has 0 aliphatic heterocycles. The highest BCUT2D eigenvalue weighted by Gasteiger charge is 2.31. The van der Waals surface area contributed by atoms with Crippen LogP contribution >= 0.6 is 0 Å². The molecule has 5 heteroatoms. The van der Waals surface area contributed by atoms with Crippen LogP contribution in [0.15, 0.2) is 42.5 Å². The summed E-state index contributed by atoms with van der Waals surface area (Å²) in [4.78, 5) is 0. The van der Waals surface area contributed by atoms with Gasteiger partial charge in [0.1, 0.15) is 0 Å². The SMILES string of the molecule is CCn1c2ccccc2c2cc([C@H](N)CC(F)(F)F)ccc21. The Bertz CT molecular complexity index is 818. The molecule has 0 fully saturated rings. The zero-order valence-electron chi connectivity index (χ0n) is 12.2. The van der Waals surface area contributed by atoms with Crippen LogP contribution < -0.4 is 5.73 Å². The monoisotopic (exact) mass is 306 g/mol. The van der Waals surface area contributed by atoms with Crippen molar-refractivity contribution < 1.29 is 13.2 Å². The molecular formula is C17H17F3N2. The van der Waals surface area contributed by atoms with E-state index >= 15 is 0 Å². The Balaban J connectivity index is 2.16. The second-order valence-corrected chi connectivity index (χ2v) is 5.46. The maximum Gasteiger partial charge on any atom is 0.390 e. The van der Waals surface area contributed by atoms with Gasteiger partial charge >= 0.3 is 6.18 Å². The number of halogens is 3. The van der Waals surface area contributed by atoms with Crippen molar-refractivity contribution in [1.82, 2.24) is 4.57 Å². The summed E-state index contributed by atoms with van der Waals surface area (Å²) >= 11 is 0. The van der Waals surface area contributed by atoms with E-state index in [1.54, 1.807) is 12.1 Å². The van der Waals surface area contributed by atoms with Crippen molar-refractivity contribution in [1.29, 1.82) is 0 Å². The van der Waals surface area contributed by atoms with Crippen LogP contribution in [0.1, 0.15) is 24.9 Å². The van der Waals surface area contributed by atoms with Crippen LogP contribution in [0.3, 0.4) is 0 Å². The maximum atomic E-state index is 12.5. The Hall–Kier alpha value is -2.01. The number of alkyl halides is 3. The first kappa shape index (κ1) is 14.9. The van der Waals surface area contributed by atoms with E-state index in [1.807, 2.05) is 30.3 Å². The van der Waals surface area contributed by atoms with Crippen molar-refractivity contribution in [3.8, 4) is 0 Å². The predicted molar refractivity (Wildman–Crippen MR) is 82.7 cm³/mol. The second kappa shape index (κ2) is 5.32. The Labute approximate surface area is 126 Å². The van der Waals surface area contributed by atoms with Gasteiger partial charge in [-0.25, -0.2) is 0 Å². The molecule has 0 radical (unpaired) electrons. The van der Waals surface area contributed by atoms with Crippen molar-refractivity contribution in [2.24, 2.45) is 5.73 Å². The van der Waals surface area contributed by atoms with Gasteiger partial charge in [-0.2, -0.15) is 13.2 Å². The van der Waals surface area contributed by atoms with Crippen LogP contribution in [0.5, 0.6) is 0 Å². The molecule has 3 aromatic rings. The van der Waals surface area contributed by atoms with Gasteiger partial charge in [0.2, 0.25) is 0 Å². The standard InChI is InChI=1S/C17H17F3N2/c1-2-22-15-6-4-3-5-12(15)13-9-11(7-8-16(13)22)14(21)10-17(18,19)20/h3-9,14H,2,10,21H2,1H3/t14-/m1/s1. The van der Waals surface area contributed by atoms with Gasteiger partial charge in [-0.15, -0.1) is 0 Å². The average molecular weight is 306 g/mol. The molecule has 0 saturated heterocycles. The van der Waals surface area contributed by atoms with E-state index in [0.717, 1.165) is 28.4 Å². The van der Waals surface area contributed by atoms with Gasteiger partial charge < -0.3 is 10.3 Å². The van der Waals surface area contributed by atoms with E-state index in [1.165, 1.54) is 0 Å². The fourth-order valence-electron chi connectivity index (χ4n) is 3.01. The number of fused-ring (bicyclic) bond motifs is 3. The average Bonchev–Trinajstić information content (AvgIpc) is 2.78. The summed E-state index contributed by atoms with van der Waals surface area (Å²) in [6, 6.07) is 12.2. The van der Waals surface area contributed by atoms with E-state index in [2.05, 4.69) is 11.5 Å². The van der Waals surface area contributed by atoms with Crippen LogP contribution in [-0.2, 0) is 6.54 Å². The number of rotatable bonds is 3. The van der Waals surface area contributed by atoms with Gasteiger partial charge in [0.15, 0.2) is 0 Å². The number of nitrogens with zero attached hydrogens (tertiary/aromatic N) is 1. The highest BCUT2D eigenvalue weighted by molar-refractivity contribution is 6.08. The molecule has 22 heavy (non-hydrogen) atoms. The normalized spacial score (nSPS) is 13.9. The van der Waals surface area contributed by atoms with E-state index < -0.39 is 18.6 Å². The number of aromatic nitrogens is 1. The van der Waals surface area contributed by atoms with Crippen LogP contribution in [0.25, 0.3) is 21.8 Å². The first-order valence-corrected chi connectivity index (χ1v) is 7.24. The Morgan fingerprint density at radius 1 is 1.05 bits per heavy atom. The van der Waals surface area contributed by atoms with Crippen molar-refractivity contribution in [3.63, 3.8) is 0 Å². The highest BCUT2D eigenvalue weighted by Crippen LogP contribution is 2.33. The number of hydrogen-bond donors (Lipinski definition) is 1. The van der Waals surface area contributed by atoms with Gasteiger partial charge in [-0.1, -0.05) is 24.3 Å². The molecule has 3 rings (SSSR count). The van der Waals surface area contributed by atoms with E-state index in [-0.39, 0.29) is 0 Å². The molecule has 116 valence electrons. The smallest absolute Gasteiger partial charge is 0.341 e. The molecule has 2 aromatic carbocycles. The first-order valence-electron chi connectivity index (χ1n) is 7.24. The molecule has 0 aliphatic rings. The fraction of sp³-hybridized carbons (Fsp3) is 0.294. The molecule has 0 amide bonds. The number of aryl methyl sites for hydroxylation is 1. The molecular weight excluding hydrogens is 289 g/mol. The first-order chi connectivity index (χ1) is 10.4. The van der Waals surface area contributed by atoms with Gasteiger partial charge in [0, 0.05) is 34.4 Å². The molecule has 1 heterocycles. The van der Waals surface area contributed by atoms with Gasteiger partial charge in [0.25, 0.3) is 0 Å². The zero-order chi connectivity index (χ0) is 15.9. The molecule has 1 atom stereocenters. The number of nitrogens with two attached hydrogens (primary N) is 1. The van der Waals surface area contributed by atoms with Gasteiger partial charge in [-0.05, 0) is 30.7 Å². The Kier molecular flexibility index (Phi) is 3.60. The third-order valence-electron chi connectivity index (χ3n) is 3.99. The Morgan fingerprint density at radius 2 is 1.73 bits per heavy atom. The predicted octanol–water partition coefficient (Wildman–Crippen LogP) is 4.77. The minimum Gasteiger partial charge on any atom is -0.341 e. The van der Waals surface area contributed by atoms with Crippen LogP contribution in [0.2, 0.25) is 0 Å². The highest BCUT2D eigenvalue weighted by atomic mass is 19.4. The minimum atomic E-state index is -4.26. The van der Waals surface area contributed by atoms with Gasteiger partial charge in [0.05, 0.1) is 6.42 Å². The zero-order valence-corrected chi connectivity index (χ0v) is 12.2. The lowest BCUT2D eigenvalue weighted by molar-refractivity contribution is -0.138. The third kappa shape index (κ3) is 2.57. The largest absolute Gasteiger partial charge is 0.390 e. The van der Waals surface area contributed by atoms with E-state index in [0.29, 0.717) is 5.56 Å². The lowest BCUT2D eigenvalue weighted by Crippen LogP contribution is -2.20. The molecule has 2 nitrogen and oxygen atoms in total. The summed E-state index contributed by atoms with van der Waals surface area (Å²) in [7, 11) is 0. The van der Waals surface area contributed by atoms with Crippen molar-refractivity contribution in [2.45, 2.75) is 32.1 Å². The minimum absolute atomic E-state index is 0.517. The molecule has 2 N–H and O–H groups in total. The van der Waals surface area contributed by atoms with E-state index in [9.17, 15) is 13.2 Å². The lowest BCUT2D eigenvalue weighted by Gasteiger charge is -2.14. The van der Waals surface area contributed by atoms with Crippen LogP contribution in [-0.4, -0.2) is 10.7 Å². The maximum absolute atomic E-state index is 12.5. The lowest BCUT2D eigenvalue weighted by atomic mass is 10.0. The topological polar surface area (TPSA) is 30.9 Å². The van der Waals surface area contributed by atoms with Gasteiger partial charge in [-0.3, -0.25) is 0 Å². The van der Waals surface area contributed by atoms with Crippen LogP contribution in [0, 0.1) is 0 Å². The number of benzene rings is 2. The van der Waals surface area contributed by atoms with Crippen molar-refractivity contribution in [3.05, 3.63) is 48.0 Å². The third-order valence-corrected chi connectivity index (χ3v) is 3.99. The molecule has 0 bridgehead atoms. The summed E-state index contributed by atoms with van der Waals surface area (Å²) < 4.78 is 39.8. The quantitative estimate of drug-likeness (QED) is 0.742. The second-order valence-electron chi connectivity index (χ2n) is 5.46. The summed E-state index contributed by atoms with van der Waals surface area (Å²) in [5.41, 5.74) is 8.35. The summed E-state index contributed by atoms with van der Waals surface area (Å²) in [5, 5.41) is 1.99. The molecule has 0 aliphatic carbocycles. The summed E-state index contributed by atoms with van der Waals surface area (Å²) in [6.07, 6.45) is -5.27. The van der Waals surface area contributed by atoms with E-state index in [4.69, 9.17) is 5.73 Å². The summed E-state index contributed by atoms with van der Waals surface area (Å²) in [6.45, 7) is 2.85. The molecule has 1 aromatic heterocycles.